The van der Waals surface area contributed by atoms with Crippen molar-refractivity contribution in [3.63, 3.8) is 0 Å². The summed E-state index contributed by atoms with van der Waals surface area (Å²) in [7, 11) is 3.13. The Morgan fingerprint density at radius 3 is 2.70 bits per heavy atom. The number of nitrogens with two attached hydrogens (primary N) is 1. The van der Waals surface area contributed by atoms with Gasteiger partial charge in [-0.2, -0.15) is 5.26 Å². The van der Waals surface area contributed by atoms with Crippen molar-refractivity contribution in [2.75, 3.05) is 20.8 Å². The number of hydrogen-bond donors (Lipinski definition) is 1. The summed E-state index contributed by atoms with van der Waals surface area (Å²) in [5.74, 6) is 0.934. The lowest BCUT2D eigenvalue weighted by molar-refractivity contribution is -0.139. The molecule has 2 aliphatic heterocycles. The summed E-state index contributed by atoms with van der Waals surface area (Å²) in [5.41, 5.74) is 8.00. The van der Waals surface area contributed by atoms with E-state index in [2.05, 4.69) is 11.1 Å². The second-order valence-electron chi connectivity index (χ2n) is 6.53. The van der Waals surface area contributed by atoms with Gasteiger partial charge in [0, 0.05) is 5.56 Å². The van der Waals surface area contributed by atoms with Crippen LogP contribution < -0.4 is 15.2 Å². The van der Waals surface area contributed by atoms with Crippen LogP contribution in [-0.4, -0.2) is 36.9 Å². The van der Waals surface area contributed by atoms with Crippen molar-refractivity contribution in [1.82, 2.24) is 4.90 Å². The first-order valence-corrected chi connectivity index (χ1v) is 10.4. The van der Waals surface area contributed by atoms with E-state index in [1.54, 1.807) is 44.2 Å². The van der Waals surface area contributed by atoms with Gasteiger partial charge in [0.1, 0.15) is 34.3 Å². The molecule has 0 bridgehead atoms. The van der Waals surface area contributed by atoms with E-state index in [0.717, 1.165) is 6.42 Å². The summed E-state index contributed by atoms with van der Waals surface area (Å²) in [6.07, 6.45) is 1.37. The van der Waals surface area contributed by atoms with E-state index in [-0.39, 0.29) is 12.4 Å². The molecule has 1 aromatic rings. The topological polar surface area (TPSA) is 110 Å². The van der Waals surface area contributed by atoms with Crippen LogP contribution in [0.15, 0.2) is 45.2 Å². The Labute approximate surface area is 180 Å². The number of thioether (sulfide) groups is 1. The number of carbonyl (C=O) groups excluding carboxylic acids is 1. The van der Waals surface area contributed by atoms with Crippen molar-refractivity contribution in [2.45, 2.75) is 32.7 Å². The SMILES string of the molecule is CCCC1=C(C(=O)OCC)[C@@H](c2cc(OC)ccc2OC)N2C(=N1)SC(C#N)=C2N. The smallest absolute Gasteiger partial charge is 0.338 e. The van der Waals surface area contributed by atoms with Crippen LogP contribution >= 0.6 is 11.8 Å². The molecule has 3 rings (SSSR count). The normalized spacial score (nSPS) is 18.0. The van der Waals surface area contributed by atoms with Crippen molar-refractivity contribution in [3.8, 4) is 17.6 Å². The molecule has 0 unspecified atom stereocenters. The fourth-order valence-electron chi connectivity index (χ4n) is 3.49. The summed E-state index contributed by atoms with van der Waals surface area (Å²) < 4.78 is 16.4. The lowest BCUT2D eigenvalue weighted by Gasteiger charge is -2.36. The Morgan fingerprint density at radius 1 is 1.33 bits per heavy atom. The molecule has 2 heterocycles. The molecule has 0 saturated carbocycles. The molecule has 158 valence electrons. The maximum Gasteiger partial charge on any atom is 0.338 e. The van der Waals surface area contributed by atoms with Gasteiger partial charge in [0.15, 0.2) is 5.17 Å². The quantitative estimate of drug-likeness (QED) is 0.658. The molecule has 1 aromatic carbocycles. The molecule has 30 heavy (non-hydrogen) atoms. The highest BCUT2D eigenvalue weighted by Crippen LogP contribution is 2.48. The number of benzene rings is 1. The molecule has 9 heteroatoms. The average molecular weight is 429 g/mol. The number of rotatable bonds is 7. The molecule has 0 amide bonds. The average Bonchev–Trinajstić information content (AvgIpc) is 3.07. The molecule has 2 aliphatic rings. The highest BCUT2D eigenvalue weighted by atomic mass is 32.2. The highest BCUT2D eigenvalue weighted by molar-refractivity contribution is 8.17. The molecule has 0 radical (unpaired) electrons. The van der Waals surface area contributed by atoms with Crippen LogP contribution in [0, 0.1) is 11.3 Å². The molecular formula is C21H24N4O4S. The number of ether oxygens (including phenoxy) is 3. The Bertz CT molecular complexity index is 993. The van der Waals surface area contributed by atoms with E-state index in [1.165, 1.54) is 11.8 Å². The monoisotopic (exact) mass is 428 g/mol. The van der Waals surface area contributed by atoms with Gasteiger partial charge in [-0.05, 0) is 43.3 Å². The third kappa shape index (κ3) is 3.71. The van der Waals surface area contributed by atoms with Gasteiger partial charge in [-0.1, -0.05) is 13.3 Å². The summed E-state index contributed by atoms with van der Waals surface area (Å²) in [6.45, 7) is 3.99. The number of allylic oxidation sites excluding steroid dienone is 2. The fourth-order valence-corrected chi connectivity index (χ4v) is 4.38. The number of amidine groups is 1. The van der Waals surface area contributed by atoms with Crippen LogP contribution in [0.2, 0.25) is 0 Å². The second-order valence-corrected chi connectivity index (χ2v) is 7.51. The number of aliphatic imine (C=N–C) groups is 1. The van der Waals surface area contributed by atoms with Crippen molar-refractivity contribution in [3.05, 3.63) is 45.8 Å². The second kappa shape index (κ2) is 9.13. The van der Waals surface area contributed by atoms with Crippen molar-refractivity contribution in [2.24, 2.45) is 10.7 Å². The van der Waals surface area contributed by atoms with Crippen molar-refractivity contribution >= 4 is 22.9 Å². The Kier molecular flexibility index (Phi) is 6.57. The van der Waals surface area contributed by atoms with Gasteiger partial charge < -0.3 is 19.9 Å². The third-order valence-corrected chi connectivity index (χ3v) is 5.76. The lowest BCUT2D eigenvalue weighted by atomic mass is 9.92. The van der Waals surface area contributed by atoms with Gasteiger partial charge in [-0.15, -0.1) is 0 Å². The molecule has 8 nitrogen and oxygen atoms in total. The number of fused-ring (bicyclic) bond motifs is 1. The summed E-state index contributed by atoms with van der Waals surface area (Å²) in [6, 6.07) is 6.80. The van der Waals surface area contributed by atoms with Crippen molar-refractivity contribution in [1.29, 1.82) is 5.26 Å². The molecule has 0 spiro atoms. The number of nitrogens with zero attached hydrogens (tertiary/aromatic N) is 3. The van der Waals surface area contributed by atoms with Crippen molar-refractivity contribution < 1.29 is 19.0 Å². The van der Waals surface area contributed by atoms with Crippen LogP contribution in [0.25, 0.3) is 0 Å². The standard InChI is InChI=1S/C21H24N4O4S/c1-5-7-14-17(20(26)29-6-2)18(13-10-12(27-3)8-9-15(13)28-4)25-19(23)16(11-22)30-21(25)24-14/h8-10,18H,5-7,23H2,1-4H3/t18-/m1/s1. The minimum absolute atomic E-state index is 0.226. The van der Waals surface area contributed by atoms with Gasteiger partial charge >= 0.3 is 5.97 Å². The van der Waals surface area contributed by atoms with Gasteiger partial charge in [0.05, 0.1) is 32.1 Å². The molecule has 0 saturated heterocycles. The zero-order chi connectivity index (χ0) is 21.8. The number of hydrogen-bond acceptors (Lipinski definition) is 9. The van der Waals surface area contributed by atoms with E-state index in [4.69, 9.17) is 19.9 Å². The predicted octanol–water partition coefficient (Wildman–Crippen LogP) is 3.43. The Hall–Kier alpha value is -3.12. The maximum absolute atomic E-state index is 13.1. The number of methoxy groups -OCH3 is 2. The van der Waals surface area contributed by atoms with Gasteiger partial charge in [0.25, 0.3) is 0 Å². The van der Waals surface area contributed by atoms with Crippen LogP contribution in [-0.2, 0) is 9.53 Å². The number of esters is 1. The van der Waals surface area contributed by atoms with Gasteiger partial charge in [0.2, 0.25) is 0 Å². The van der Waals surface area contributed by atoms with Crippen LogP contribution in [0.1, 0.15) is 38.3 Å². The maximum atomic E-state index is 13.1. The Morgan fingerprint density at radius 2 is 2.10 bits per heavy atom. The Balaban J connectivity index is 2.31. The zero-order valence-electron chi connectivity index (χ0n) is 17.4. The fraction of sp³-hybridized carbons (Fsp3) is 0.381. The molecule has 2 N–H and O–H groups in total. The predicted molar refractivity (Wildman–Crippen MR) is 115 cm³/mol. The minimum Gasteiger partial charge on any atom is -0.497 e. The first kappa shape index (κ1) is 21.6. The summed E-state index contributed by atoms with van der Waals surface area (Å²) in [5, 5.41) is 10.1. The minimum atomic E-state index is -0.665. The van der Waals surface area contributed by atoms with E-state index < -0.39 is 12.0 Å². The molecule has 0 aliphatic carbocycles. The largest absolute Gasteiger partial charge is 0.497 e. The number of nitriles is 1. The van der Waals surface area contributed by atoms with Crippen LogP contribution in [0.4, 0.5) is 0 Å². The van der Waals surface area contributed by atoms with Crippen LogP contribution in [0.3, 0.4) is 0 Å². The first-order chi connectivity index (χ1) is 14.5. The summed E-state index contributed by atoms with van der Waals surface area (Å²) >= 11 is 1.19. The van der Waals surface area contributed by atoms with E-state index in [9.17, 15) is 10.1 Å². The van der Waals surface area contributed by atoms with E-state index >= 15 is 0 Å². The van der Waals surface area contributed by atoms with Crippen LogP contribution in [0.5, 0.6) is 11.5 Å². The summed E-state index contributed by atoms with van der Waals surface area (Å²) in [4.78, 5) is 19.8. The van der Waals surface area contributed by atoms with E-state index in [0.29, 0.717) is 44.8 Å². The molecule has 0 fully saturated rings. The molecule has 1 atom stereocenters. The van der Waals surface area contributed by atoms with Gasteiger partial charge in [-0.3, -0.25) is 4.90 Å². The van der Waals surface area contributed by atoms with E-state index in [1.807, 2.05) is 6.92 Å². The molecule has 0 aromatic heterocycles. The zero-order valence-corrected chi connectivity index (χ0v) is 18.2. The molecular weight excluding hydrogens is 404 g/mol. The first-order valence-electron chi connectivity index (χ1n) is 9.58. The third-order valence-electron chi connectivity index (χ3n) is 4.78. The lowest BCUT2D eigenvalue weighted by Crippen LogP contribution is -2.39. The highest BCUT2D eigenvalue weighted by Gasteiger charge is 2.44. The number of carbonyl (C=O) groups is 1. The van der Waals surface area contributed by atoms with Gasteiger partial charge in [-0.25, -0.2) is 9.79 Å².